The Balaban J connectivity index is 0.000000358. The zero-order valence-corrected chi connectivity index (χ0v) is 26.7. The second-order valence-corrected chi connectivity index (χ2v) is 10.0. The van der Waals surface area contributed by atoms with Crippen molar-refractivity contribution in [3.8, 4) is 23.6 Å². The topological polar surface area (TPSA) is 131 Å². The Hall–Kier alpha value is -4.96. The van der Waals surface area contributed by atoms with Crippen molar-refractivity contribution in [3.63, 3.8) is 0 Å². The number of phenolic OH excluding ortho intramolecular Hbond substituents is 1. The lowest BCUT2D eigenvalue weighted by Gasteiger charge is -2.06. The van der Waals surface area contributed by atoms with Crippen molar-refractivity contribution in [3.05, 3.63) is 130 Å². The highest BCUT2D eigenvalue weighted by Crippen LogP contribution is 2.18. The molecule has 0 amide bonds. The smallest absolute Gasteiger partial charge is 0.343 e. The molecule has 4 aromatic carbocycles. The summed E-state index contributed by atoms with van der Waals surface area (Å²) in [5, 5.41) is 34.4. The van der Waals surface area contributed by atoms with Crippen molar-refractivity contribution < 1.29 is 33.3 Å². The normalized spacial score (nSPS) is 9.39. The summed E-state index contributed by atoms with van der Waals surface area (Å²) in [5.41, 5.74) is 2.96. The van der Waals surface area contributed by atoms with Crippen LogP contribution >= 0.6 is 23.2 Å². The average Bonchev–Trinajstić information content (AvgIpc) is 3.03. The molecule has 7 nitrogen and oxygen atoms in total. The summed E-state index contributed by atoms with van der Waals surface area (Å²) in [4.78, 5) is 22.4. The van der Waals surface area contributed by atoms with Crippen LogP contribution in [0.15, 0.2) is 84.9 Å². The number of carbonyl (C=O) groups is 2. The van der Waals surface area contributed by atoms with Crippen molar-refractivity contribution in [1.82, 2.24) is 0 Å². The molecule has 2 N–H and O–H groups in total. The zero-order chi connectivity index (χ0) is 34.5. The number of rotatable bonds is 7. The summed E-state index contributed by atoms with van der Waals surface area (Å²) >= 11 is 9.53. The van der Waals surface area contributed by atoms with Crippen molar-refractivity contribution in [2.75, 3.05) is 5.34 Å². The maximum absolute atomic E-state index is 13.4. The Morgan fingerprint density at radius 1 is 0.739 bits per heavy atom. The van der Waals surface area contributed by atoms with Crippen LogP contribution in [0.5, 0.6) is 11.5 Å². The number of alkyl halides is 2. The first kappa shape index (κ1) is 39.1. The maximum Gasteiger partial charge on any atom is 0.343 e. The van der Waals surface area contributed by atoms with E-state index in [-0.39, 0.29) is 28.0 Å². The number of ether oxygens (including phenoxy) is 1. The van der Waals surface area contributed by atoms with Gasteiger partial charge in [0.05, 0.1) is 27.6 Å². The molecule has 0 radical (unpaired) electrons. The fourth-order valence-electron chi connectivity index (χ4n) is 3.61. The van der Waals surface area contributed by atoms with Gasteiger partial charge in [0.25, 0.3) is 0 Å². The molecule has 4 rings (SSSR count). The Morgan fingerprint density at radius 3 is 1.57 bits per heavy atom. The van der Waals surface area contributed by atoms with E-state index in [0.717, 1.165) is 43.4 Å². The predicted molar refractivity (Wildman–Crippen MR) is 173 cm³/mol. The molecule has 0 atom stereocenters. The van der Waals surface area contributed by atoms with Gasteiger partial charge in [-0.15, -0.1) is 23.2 Å². The van der Waals surface area contributed by atoms with Crippen molar-refractivity contribution in [1.29, 1.82) is 10.5 Å². The van der Waals surface area contributed by atoms with Gasteiger partial charge in [-0.2, -0.15) is 10.5 Å². The lowest BCUT2D eigenvalue weighted by molar-refractivity contribution is 0.0694. The molecule has 0 fully saturated rings. The molecular formula is C35H32Cl2F2N2O5. The molecule has 0 heterocycles. The van der Waals surface area contributed by atoms with Crippen LogP contribution in [0.25, 0.3) is 0 Å². The minimum atomic E-state index is -0.863. The number of halogens is 4. The Kier molecular flexibility index (Phi) is 18.4. The predicted octanol–water partition coefficient (Wildman–Crippen LogP) is 9.03. The number of hydrogen-bond acceptors (Lipinski definition) is 6. The van der Waals surface area contributed by atoms with E-state index in [0.29, 0.717) is 11.1 Å². The molecule has 0 aromatic heterocycles. The molecular weight excluding hydrogens is 637 g/mol. The summed E-state index contributed by atoms with van der Waals surface area (Å²) < 4.78 is 31.0. The number of esters is 1. The van der Waals surface area contributed by atoms with Crippen LogP contribution in [0.4, 0.5) is 8.78 Å². The quantitative estimate of drug-likeness (QED) is 0.114. The number of carbonyl (C=O) groups excluding carboxylic acids is 1. The number of hydrogen-bond donors (Lipinski definition) is 2. The lowest BCUT2D eigenvalue weighted by atomic mass is 10.1. The summed E-state index contributed by atoms with van der Waals surface area (Å²) in [6, 6.07) is 24.6. The fraction of sp³-hybridized carbons (Fsp3) is 0.200. The van der Waals surface area contributed by atoms with Crippen LogP contribution in [-0.2, 0) is 12.8 Å². The molecule has 0 aliphatic carbocycles. The lowest BCUT2D eigenvalue weighted by Crippen LogP contribution is -2.08. The Bertz CT molecular complexity index is 1640. The first-order valence-corrected chi connectivity index (χ1v) is 14.9. The summed E-state index contributed by atoms with van der Waals surface area (Å²) in [7, 11) is 0. The number of carboxylic acids is 1. The largest absolute Gasteiger partial charge is 0.508 e. The van der Waals surface area contributed by atoms with Crippen LogP contribution in [-0.4, -0.2) is 27.5 Å². The Labute approximate surface area is 276 Å². The number of benzene rings is 4. The molecule has 0 bridgehead atoms. The monoisotopic (exact) mass is 668 g/mol. The second-order valence-electron chi connectivity index (χ2n) is 9.22. The number of aryl methyl sites for hydroxylation is 2. The van der Waals surface area contributed by atoms with Crippen LogP contribution < -0.4 is 4.74 Å². The SMILES string of the molecule is CCCc1ccc(C(=O)O)cc1.CCCc1ccc(C(=O)Oc2ccc(C#N)c(F)c2)cc1.ClCCl.N#Cc1ccc(O)cc1F. The van der Waals surface area contributed by atoms with Gasteiger partial charge in [0.1, 0.15) is 35.3 Å². The van der Waals surface area contributed by atoms with Gasteiger partial charge in [-0.3, -0.25) is 0 Å². The number of aromatic hydroxyl groups is 1. The highest BCUT2D eigenvalue weighted by molar-refractivity contribution is 6.40. The summed E-state index contributed by atoms with van der Waals surface area (Å²) in [5.74, 6) is -2.91. The molecule has 46 heavy (non-hydrogen) atoms. The number of nitriles is 2. The summed E-state index contributed by atoms with van der Waals surface area (Å²) in [6.07, 6.45) is 4.09. The van der Waals surface area contributed by atoms with Gasteiger partial charge in [0, 0.05) is 12.1 Å². The molecule has 11 heteroatoms. The summed E-state index contributed by atoms with van der Waals surface area (Å²) in [6.45, 7) is 4.19. The van der Waals surface area contributed by atoms with Crippen molar-refractivity contribution in [2.45, 2.75) is 39.5 Å². The average molecular weight is 670 g/mol. The van der Waals surface area contributed by atoms with E-state index in [1.165, 1.54) is 29.8 Å². The van der Waals surface area contributed by atoms with Gasteiger partial charge in [-0.25, -0.2) is 18.4 Å². The van der Waals surface area contributed by atoms with Crippen molar-refractivity contribution in [2.24, 2.45) is 0 Å². The first-order chi connectivity index (χ1) is 22.0. The third kappa shape index (κ3) is 14.2. The van der Waals surface area contributed by atoms with E-state index < -0.39 is 23.6 Å². The zero-order valence-electron chi connectivity index (χ0n) is 25.1. The van der Waals surface area contributed by atoms with E-state index in [4.69, 9.17) is 48.7 Å². The van der Waals surface area contributed by atoms with Gasteiger partial charge >= 0.3 is 11.9 Å². The van der Waals surface area contributed by atoms with Gasteiger partial charge in [-0.05, 0) is 72.5 Å². The number of phenols is 1. The third-order valence-electron chi connectivity index (χ3n) is 5.81. The highest BCUT2D eigenvalue weighted by atomic mass is 35.5. The van der Waals surface area contributed by atoms with Gasteiger partial charge in [0.2, 0.25) is 0 Å². The number of aromatic carboxylic acids is 1. The Morgan fingerprint density at radius 2 is 1.17 bits per heavy atom. The van der Waals surface area contributed by atoms with E-state index >= 15 is 0 Å². The third-order valence-corrected chi connectivity index (χ3v) is 5.81. The molecule has 0 saturated heterocycles. The van der Waals surface area contributed by atoms with E-state index in [9.17, 15) is 18.4 Å². The second kappa shape index (κ2) is 21.7. The van der Waals surface area contributed by atoms with E-state index in [1.54, 1.807) is 36.4 Å². The van der Waals surface area contributed by atoms with E-state index in [1.807, 2.05) is 24.3 Å². The van der Waals surface area contributed by atoms with Gasteiger partial charge < -0.3 is 14.9 Å². The molecule has 240 valence electrons. The fourth-order valence-corrected chi connectivity index (χ4v) is 3.61. The minimum Gasteiger partial charge on any atom is -0.508 e. The van der Waals surface area contributed by atoms with Crippen molar-refractivity contribution >= 4 is 35.1 Å². The molecule has 0 aliphatic rings. The number of nitrogens with zero attached hydrogens (tertiary/aromatic N) is 2. The molecule has 0 spiro atoms. The van der Waals surface area contributed by atoms with Gasteiger partial charge in [0.15, 0.2) is 0 Å². The highest BCUT2D eigenvalue weighted by Gasteiger charge is 2.11. The molecule has 0 saturated carbocycles. The van der Waals surface area contributed by atoms with Crippen LogP contribution in [0.2, 0.25) is 0 Å². The van der Waals surface area contributed by atoms with Crippen LogP contribution in [0, 0.1) is 34.3 Å². The molecule has 4 aromatic rings. The molecule has 0 unspecified atom stereocenters. The number of carboxylic acid groups (broad SMARTS) is 1. The van der Waals surface area contributed by atoms with Crippen LogP contribution in [0.3, 0.4) is 0 Å². The van der Waals surface area contributed by atoms with E-state index in [2.05, 4.69) is 13.8 Å². The molecule has 0 aliphatic heterocycles. The maximum atomic E-state index is 13.4. The van der Waals surface area contributed by atoms with Gasteiger partial charge in [-0.1, -0.05) is 51.0 Å². The first-order valence-electron chi connectivity index (χ1n) is 13.9. The standard InChI is InChI=1S/C17H14FNO2.C10H12O2.C7H4FNO.CH2Cl2/c1-2-3-12-4-6-13(7-5-12)17(20)21-15-9-8-14(11-19)16(18)10-15;1-2-3-8-4-6-9(7-5-8)10(11)12;8-7-3-6(10)2-1-5(7)4-9;2-1-3/h4-10H,2-3H2,1H3;4-7H,2-3H2,1H3,(H,11,12);1-3,10H;1H2. The van der Waals surface area contributed by atoms with Crippen LogP contribution in [0.1, 0.15) is 69.7 Å². The minimum absolute atomic E-state index is 0.0576.